The summed E-state index contributed by atoms with van der Waals surface area (Å²) in [5.41, 5.74) is 17.9. The number of hydrogen-bond acceptors (Lipinski definition) is 12. The predicted octanol–water partition coefficient (Wildman–Crippen LogP) is 0.480. The summed E-state index contributed by atoms with van der Waals surface area (Å²) in [6.45, 7) is 1.31. The van der Waals surface area contributed by atoms with Gasteiger partial charge in [0.1, 0.15) is 18.8 Å². The summed E-state index contributed by atoms with van der Waals surface area (Å²) in [6, 6.07) is -1.42. The van der Waals surface area contributed by atoms with Crippen molar-refractivity contribution in [3.05, 3.63) is 20.9 Å². The molecule has 0 amide bonds. The molecular formula is C19H26N6O12. The maximum Gasteiger partial charge on any atom is 0.303 e. The Bertz CT molecular complexity index is 967. The van der Waals surface area contributed by atoms with E-state index in [4.69, 9.17) is 34.7 Å². The normalized spacial score (nSPS) is 32.9. The van der Waals surface area contributed by atoms with Crippen LogP contribution in [0.25, 0.3) is 20.9 Å². The fraction of sp³-hybridized carbons (Fsp3) is 0.789. The first kappa shape index (κ1) is 29.6. The minimum absolute atomic E-state index is 0.415. The van der Waals surface area contributed by atoms with Crippen molar-refractivity contribution in [1.82, 2.24) is 0 Å². The lowest BCUT2D eigenvalue weighted by Gasteiger charge is -2.45. The highest BCUT2D eigenvalue weighted by Gasteiger charge is 2.53. The van der Waals surface area contributed by atoms with E-state index in [1.165, 1.54) is 0 Å². The van der Waals surface area contributed by atoms with Crippen LogP contribution in [0, 0.1) is 11.8 Å². The molecule has 0 aromatic heterocycles. The molecule has 0 aromatic carbocycles. The largest absolute Gasteiger partial charge is 0.481 e. The zero-order valence-electron chi connectivity index (χ0n) is 19.7. The molecule has 0 aromatic rings. The van der Waals surface area contributed by atoms with E-state index < -0.39 is 105 Å². The maximum absolute atomic E-state index is 11.6. The summed E-state index contributed by atoms with van der Waals surface area (Å²) in [5.74, 6) is -6.39. The highest BCUT2D eigenvalue weighted by atomic mass is 16.7. The molecule has 0 saturated carbocycles. The number of aliphatic carboxylic acids is 2. The van der Waals surface area contributed by atoms with Crippen molar-refractivity contribution in [3.63, 3.8) is 0 Å². The van der Waals surface area contributed by atoms with Gasteiger partial charge < -0.3 is 39.0 Å². The second-order valence-corrected chi connectivity index (χ2v) is 8.22. The Balaban J connectivity index is 2.49. The van der Waals surface area contributed by atoms with Gasteiger partial charge in [0.05, 0.1) is 25.1 Å². The number of aliphatic hydroxyl groups is 1. The SMILES string of the molecule is CC(=O)OC[C@H]1OC(O)[C@H](OC(C)=O)[C@@H]1O[C@H]1O[C@H](CN=[N+]=[N-])[C@H](CC(=O)O)[C@@H](CC(=O)O)[C@H]1N=[N+]=[N-]. The molecule has 18 nitrogen and oxygen atoms in total. The van der Waals surface area contributed by atoms with Crippen molar-refractivity contribution in [2.24, 2.45) is 22.1 Å². The summed E-state index contributed by atoms with van der Waals surface area (Å²) < 4.78 is 27.0. The molecule has 3 N–H and O–H groups in total. The number of aliphatic hydroxyl groups excluding tert-OH is 1. The number of carboxylic acid groups (broad SMARTS) is 2. The quantitative estimate of drug-likeness (QED) is 0.134. The number of carboxylic acids is 2. The Morgan fingerprint density at radius 1 is 0.919 bits per heavy atom. The Morgan fingerprint density at radius 3 is 2.11 bits per heavy atom. The second-order valence-electron chi connectivity index (χ2n) is 8.22. The molecule has 2 aliphatic rings. The van der Waals surface area contributed by atoms with E-state index in [0.717, 1.165) is 13.8 Å². The minimum Gasteiger partial charge on any atom is -0.481 e. The smallest absolute Gasteiger partial charge is 0.303 e. The van der Waals surface area contributed by atoms with Gasteiger partial charge in [-0.05, 0) is 22.9 Å². The Kier molecular flexibility index (Phi) is 10.9. The van der Waals surface area contributed by atoms with E-state index in [1.807, 2.05) is 0 Å². The van der Waals surface area contributed by atoms with Crippen LogP contribution in [0.1, 0.15) is 26.7 Å². The fourth-order valence-electron chi connectivity index (χ4n) is 4.33. The van der Waals surface area contributed by atoms with Crippen LogP contribution in [0.4, 0.5) is 0 Å². The van der Waals surface area contributed by atoms with Crippen molar-refractivity contribution in [1.29, 1.82) is 0 Å². The van der Waals surface area contributed by atoms with Crippen molar-refractivity contribution in [3.8, 4) is 0 Å². The van der Waals surface area contributed by atoms with E-state index in [2.05, 4.69) is 20.1 Å². The summed E-state index contributed by atoms with van der Waals surface area (Å²) in [4.78, 5) is 51.4. The number of hydrogen-bond donors (Lipinski definition) is 3. The van der Waals surface area contributed by atoms with E-state index >= 15 is 0 Å². The van der Waals surface area contributed by atoms with E-state index in [9.17, 15) is 34.5 Å². The van der Waals surface area contributed by atoms with Crippen LogP contribution in [0.3, 0.4) is 0 Å². The van der Waals surface area contributed by atoms with Gasteiger partial charge in [0, 0.05) is 30.1 Å². The number of esters is 2. The second kappa shape index (κ2) is 13.6. The summed E-state index contributed by atoms with van der Waals surface area (Å²) in [5, 5.41) is 36.1. The maximum atomic E-state index is 11.6. The van der Waals surface area contributed by atoms with Crippen molar-refractivity contribution in [2.75, 3.05) is 13.2 Å². The zero-order valence-corrected chi connectivity index (χ0v) is 19.7. The molecule has 2 rings (SSSR count). The number of carbonyl (C=O) groups excluding carboxylic acids is 2. The van der Waals surface area contributed by atoms with Crippen LogP contribution in [0.5, 0.6) is 0 Å². The lowest BCUT2D eigenvalue weighted by Crippen LogP contribution is -2.55. The average molecular weight is 530 g/mol. The first-order valence-electron chi connectivity index (χ1n) is 10.9. The highest BCUT2D eigenvalue weighted by molar-refractivity contribution is 5.69. The highest BCUT2D eigenvalue weighted by Crippen LogP contribution is 2.40. The Labute approximate surface area is 208 Å². The molecular weight excluding hydrogens is 504 g/mol. The third-order valence-corrected chi connectivity index (χ3v) is 5.71. The first-order valence-corrected chi connectivity index (χ1v) is 10.9. The molecule has 37 heavy (non-hydrogen) atoms. The van der Waals surface area contributed by atoms with Gasteiger partial charge in [-0.2, -0.15) is 0 Å². The summed E-state index contributed by atoms with van der Waals surface area (Å²) in [6.07, 6.45) is -9.80. The number of nitrogens with zero attached hydrogens (tertiary/aromatic N) is 6. The van der Waals surface area contributed by atoms with Crippen molar-refractivity contribution in [2.45, 2.75) is 69.7 Å². The Morgan fingerprint density at radius 2 is 1.57 bits per heavy atom. The molecule has 18 heteroatoms. The molecule has 2 fully saturated rings. The topological polar surface area (TPSA) is 273 Å². The standard InChI is InChI=1S/C19H26N6O12/c1-7(26)33-6-12-16(17(18(32)35-12)34-8(2)27)37-19-15(23-25-21)10(4-14(30)31)9(3-13(28)29)11(36-19)5-22-24-20/h9-12,15-19,32H,3-6H2,1-2H3,(H,28,29)(H,30,31)/t9-,10-,11-,12-,15-,16-,17-,18?,19-/m1/s1. The Hall–Kier alpha value is -3.66. The van der Waals surface area contributed by atoms with Gasteiger partial charge in [0.25, 0.3) is 0 Å². The monoisotopic (exact) mass is 530 g/mol. The van der Waals surface area contributed by atoms with Crippen molar-refractivity contribution < 1.29 is 58.2 Å². The fourth-order valence-corrected chi connectivity index (χ4v) is 4.33. The van der Waals surface area contributed by atoms with Crippen LogP contribution in [-0.2, 0) is 42.9 Å². The summed E-state index contributed by atoms with van der Waals surface area (Å²) in [7, 11) is 0. The van der Waals surface area contributed by atoms with Crippen molar-refractivity contribution >= 4 is 23.9 Å². The molecule has 204 valence electrons. The third-order valence-electron chi connectivity index (χ3n) is 5.71. The van der Waals surface area contributed by atoms with E-state index in [1.54, 1.807) is 0 Å². The van der Waals surface area contributed by atoms with Crippen LogP contribution in [0.15, 0.2) is 10.2 Å². The molecule has 0 bridgehead atoms. The van der Waals surface area contributed by atoms with Gasteiger partial charge in [-0.15, -0.1) is 0 Å². The molecule has 1 unspecified atom stereocenters. The third kappa shape index (κ3) is 8.18. The zero-order chi connectivity index (χ0) is 27.7. The van der Waals surface area contributed by atoms with Crippen LogP contribution >= 0.6 is 0 Å². The number of azide groups is 2. The molecule has 0 aliphatic carbocycles. The minimum atomic E-state index is -1.72. The summed E-state index contributed by atoms with van der Waals surface area (Å²) >= 11 is 0. The molecule has 0 spiro atoms. The lowest BCUT2D eigenvalue weighted by molar-refractivity contribution is -0.264. The van der Waals surface area contributed by atoms with Crippen LogP contribution in [-0.4, -0.2) is 95.4 Å². The van der Waals surface area contributed by atoms with Gasteiger partial charge >= 0.3 is 23.9 Å². The van der Waals surface area contributed by atoms with Gasteiger partial charge in [-0.25, -0.2) is 0 Å². The predicted molar refractivity (Wildman–Crippen MR) is 115 cm³/mol. The van der Waals surface area contributed by atoms with Gasteiger partial charge in [0.15, 0.2) is 18.7 Å². The van der Waals surface area contributed by atoms with E-state index in [0.29, 0.717) is 0 Å². The molecule has 2 saturated heterocycles. The van der Waals surface area contributed by atoms with Gasteiger partial charge in [-0.1, -0.05) is 10.2 Å². The van der Waals surface area contributed by atoms with Crippen LogP contribution in [0.2, 0.25) is 0 Å². The first-order chi connectivity index (χ1) is 17.5. The van der Waals surface area contributed by atoms with Gasteiger partial charge in [0.2, 0.25) is 0 Å². The number of ether oxygens (including phenoxy) is 5. The van der Waals surface area contributed by atoms with Gasteiger partial charge in [-0.3, -0.25) is 19.2 Å². The number of rotatable bonds is 12. The molecule has 2 aliphatic heterocycles. The molecule has 0 radical (unpaired) electrons. The van der Waals surface area contributed by atoms with Crippen LogP contribution < -0.4 is 0 Å². The molecule has 9 atom stereocenters. The molecule has 2 heterocycles. The lowest BCUT2D eigenvalue weighted by atomic mass is 9.76. The average Bonchev–Trinajstić information content (AvgIpc) is 3.08. The number of carbonyl (C=O) groups is 4. The van der Waals surface area contributed by atoms with E-state index in [-0.39, 0.29) is 0 Å².